The number of carbonyl (C=O) groups is 5. The van der Waals surface area contributed by atoms with Crippen LogP contribution in [0, 0.1) is 5.92 Å². The zero-order valence-electron chi connectivity index (χ0n) is 22.3. The van der Waals surface area contributed by atoms with Gasteiger partial charge in [0.2, 0.25) is 23.6 Å². The number of rotatable bonds is 18. The lowest BCUT2D eigenvalue weighted by molar-refractivity contribution is -0.143. The molecule has 0 aliphatic rings. The highest BCUT2D eigenvalue weighted by Crippen LogP contribution is 2.08. The van der Waals surface area contributed by atoms with Gasteiger partial charge < -0.3 is 53.2 Å². The van der Waals surface area contributed by atoms with Crippen molar-refractivity contribution >= 4 is 29.6 Å². The lowest BCUT2D eigenvalue weighted by Gasteiger charge is -2.28. The van der Waals surface area contributed by atoms with E-state index < -0.39 is 78.6 Å². The van der Waals surface area contributed by atoms with Crippen LogP contribution in [0.25, 0.3) is 0 Å². The van der Waals surface area contributed by atoms with Crippen LogP contribution in [0.4, 0.5) is 0 Å². The van der Waals surface area contributed by atoms with Crippen molar-refractivity contribution in [2.75, 3.05) is 13.2 Å². The van der Waals surface area contributed by atoms with Crippen molar-refractivity contribution in [3.63, 3.8) is 0 Å². The molecule has 0 spiro atoms. The average Bonchev–Trinajstić information content (AvgIpc) is 2.82. The fraction of sp³-hybridized carbons (Fsp3) is 0.783. The number of hydrogen-bond donors (Lipinski definition) is 10. The number of nitrogens with two attached hydrogens (primary N) is 2. The quantitative estimate of drug-likeness (QED) is 0.0744. The fourth-order valence-electron chi connectivity index (χ4n) is 3.33. The molecular weight excluding hydrogens is 504 g/mol. The number of carboxylic acid groups (broad SMARTS) is 1. The largest absolute Gasteiger partial charge is 0.480 e. The number of aliphatic carboxylic acids is 1. The molecule has 4 amide bonds. The Kier molecular flexibility index (Phi) is 16.3. The molecule has 0 aliphatic carbocycles. The van der Waals surface area contributed by atoms with Crippen molar-refractivity contribution in [3.05, 3.63) is 0 Å². The van der Waals surface area contributed by atoms with Crippen molar-refractivity contribution < 1.29 is 44.4 Å². The van der Waals surface area contributed by atoms with E-state index in [1.807, 2.05) is 0 Å². The van der Waals surface area contributed by atoms with Gasteiger partial charge >= 0.3 is 5.97 Å². The van der Waals surface area contributed by atoms with Gasteiger partial charge in [-0.15, -0.1) is 0 Å². The zero-order valence-corrected chi connectivity index (χ0v) is 22.3. The van der Waals surface area contributed by atoms with Crippen LogP contribution < -0.4 is 32.7 Å². The van der Waals surface area contributed by atoms with E-state index >= 15 is 0 Å². The molecule has 15 nitrogen and oxygen atoms in total. The molecule has 0 aromatic rings. The van der Waals surface area contributed by atoms with Gasteiger partial charge in [-0.1, -0.05) is 13.8 Å². The normalized spacial score (nSPS) is 16.8. The summed E-state index contributed by atoms with van der Waals surface area (Å²) >= 11 is 0. The maximum absolute atomic E-state index is 13.0. The molecule has 0 saturated carbocycles. The van der Waals surface area contributed by atoms with Gasteiger partial charge in [0.1, 0.15) is 30.2 Å². The molecule has 38 heavy (non-hydrogen) atoms. The van der Waals surface area contributed by atoms with Crippen LogP contribution in [0.3, 0.4) is 0 Å². The summed E-state index contributed by atoms with van der Waals surface area (Å²) in [4.78, 5) is 62.2. The summed E-state index contributed by atoms with van der Waals surface area (Å²) in [5.41, 5.74) is 11.1. The fourth-order valence-corrected chi connectivity index (χ4v) is 3.33. The Labute approximate surface area is 222 Å². The lowest BCUT2D eigenvalue weighted by atomic mass is 10.0. The van der Waals surface area contributed by atoms with Crippen LogP contribution in [-0.4, -0.2) is 106 Å². The number of carboxylic acids is 1. The summed E-state index contributed by atoms with van der Waals surface area (Å²) in [6.07, 6.45) is -1.49. The molecule has 15 heteroatoms. The van der Waals surface area contributed by atoms with E-state index in [1.165, 1.54) is 13.8 Å². The molecule has 12 N–H and O–H groups in total. The smallest absolute Gasteiger partial charge is 0.328 e. The number of nitrogens with one attached hydrogen (secondary N) is 4. The van der Waals surface area contributed by atoms with E-state index in [2.05, 4.69) is 21.3 Å². The minimum atomic E-state index is -1.60. The first-order valence-corrected chi connectivity index (χ1v) is 12.5. The second-order valence-corrected chi connectivity index (χ2v) is 9.61. The van der Waals surface area contributed by atoms with E-state index in [1.54, 1.807) is 13.8 Å². The topological polar surface area (TPSA) is 266 Å². The van der Waals surface area contributed by atoms with Gasteiger partial charge in [0, 0.05) is 0 Å². The Morgan fingerprint density at radius 3 is 1.71 bits per heavy atom. The highest BCUT2D eigenvalue weighted by molar-refractivity contribution is 5.95. The van der Waals surface area contributed by atoms with Gasteiger partial charge in [0.15, 0.2) is 0 Å². The van der Waals surface area contributed by atoms with Crippen LogP contribution in [-0.2, 0) is 24.0 Å². The summed E-state index contributed by atoms with van der Waals surface area (Å²) in [5, 5.41) is 47.4. The Hall–Kier alpha value is -2.85. The van der Waals surface area contributed by atoms with Gasteiger partial charge in [-0.05, 0) is 52.0 Å². The van der Waals surface area contributed by atoms with Crippen molar-refractivity contribution in [1.29, 1.82) is 0 Å². The molecule has 7 atom stereocenters. The van der Waals surface area contributed by atoms with Crippen molar-refractivity contribution in [2.45, 2.75) is 95.8 Å². The summed E-state index contributed by atoms with van der Waals surface area (Å²) in [5.74, 6) is -4.96. The summed E-state index contributed by atoms with van der Waals surface area (Å²) in [7, 11) is 0. The third-order valence-corrected chi connectivity index (χ3v) is 5.60. The molecule has 220 valence electrons. The third kappa shape index (κ3) is 12.6. The second-order valence-electron chi connectivity index (χ2n) is 9.61. The number of unbranched alkanes of at least 4 members (excludes halogenated alkanes) is 1. The van der Waals surface area contributed by atoms with Gasteiger partial charge in [-0.25, -0.2) is 4.79 Å². The molecule has 0 aromatic heterocycles. The molecule has 0 rings (SSSR count). The van der Waals surface area contributed by atoms with E-state index in [4.69, 9.17) is 16.6 Å². The number of carbonyl (C=O) groups excluding carboxylic acids is 4. The second kappa shape index (κ2) is 17.6. The zero-order chi connectivity index (χ0) is 29.6. The Morgan fingerprint density at radius 2 is 1.26 bits per heavy atom. The number of aliphatic hydroxyl groups is 3. The summed E-state index contributed by atoms with van der Waals surface area (Å²) < 4.78 is 0. The highest BCUT2D eigenvalue weighted by Gasteiger charge is 2.34. The van der Waals surface area contributed by atoms with Gasteiger partial charge in [0.25, 0.3) is 0 Å². The summed E-state index contributed by atoms with van der Waals surface area (Å²) in [6, 6.07) is -6.84. The minimum Gasteiger partial charge on any atom is -0.480 e. The Balaban J connectivity index is 5.71. The van der Waals surface area contributed by atoms with Crippen LogP contribution >= 0.6 is 0 Å². The number of amides is 4. The van der Waals surface area contributed by atoms with E-state index in [-0.39, 0.29) is 18.8 Å². The first-order valence-electron chi connectivity index (χ1n) is 12.5. The van der Waals surface area contributed by atoms with Gasteiger partial charge in [-0.3, -0.25) is 19.2 Å². The molecule has 0 aromatic carbocycles. The van der Waals surface area contributed by atoms with Gasteiger partial charge in [-0.2, -0.15) is 0 Å². The van der Waals surface area contributed by atoms with Crippen LogP contribution in [0.5, 0.6) is 0 Å². The minimum absolute atomic E-state index is 0.0658. The van der Waals surface area contributed by atoms with Crippen LogP contribution in [0.2, 0.25) is 0 Å². The van der Waals surface area contributed by atoms with Crippen molar-refractivity contribution in [1.82, 2.24) is 21.3 Å². The standard InChI is InChI=1S/C23H44N6O9/c1-11(2)9-15(27-21(35)17(25)12(3)31)20(34)29-18(13(4)32)22(36)26-14(7-5-6-8-24)19(33)28-16(10-30)23(37)38/h11-18,30-32H,5-10,24-25H2,1-4H3,(H,26,36)(H,27,35)(H,28,33)(H,29,34)(H,37,38)/t12-,13-,14+,15+,16+,17+,18+/m1/s1. The Bertz CT molecular complexity index is 793. The predicted octanol–water partition coefficient (Wildman–Crippen LogP) is -3.73. The van der Waals surface area contributed by atoms with E-state index in [0.29, 0.717) is 19.4 Å². The number of hydrogen-bond acceptors (Lipinski definition) is 10. The van der Waals surface area contributed by atoms with Gasteiger partial charge in [0.05, 0.1) is 18.8 Å². The molecule has 0 unspecified atom stereocenters. The molecule has 0 saturated heterocycles. The third-order valence-electron chi connectivity index (χ3n) is 5.60. The van der Waals surface area contributed by atoms with E-state index in [9.17, 15) is 39.3 Å². The maximum Gasteiger partial charge on any atom is 0.328 e. The number of aliphatic hydroxyl groups excluding tert-OH is 3. The van der Waals surface area contributed by atoms with Crippen molar-refractivity contribution in [3.8, 4) is 0 Å². The molecule has 0 fully saturated rings. The van der Waals surface area contributed by atoms with Crippen LogP contribution in [0.15, 0.2) is 0 Å². The first kappa shape index (κ1) is 35.2. The predicted molar refractivity (Wildman–Crippen MR) is 136 cm³/mol. The van der Waals surface area contributed by atoms with E-state index in [0.717, 1.165) is 0 Å². The highest BCUT2D eigenvalue weighted by atomic mass is 16.4. The monoisotopic (exact) mass is 548 g/mol. The SMILES string of the molecule is CC(C)C[C@H](NC(=O)[C@@H](N)[C@@H](C)O)C(=O)N[C@H](C(=O)N[C@@H](CCCCN)C(=O)N[C@@H](CO)C(=O)O)[C@@H](C)O. The maximum atomic E-state index is 13.0. The van der Waals surface area contributed by atoms with Crippen LogP contribution in [0.1, 0.15) is 53.4 Å². The molecular formula is C23H44N6O9. The Morgan fingerprint density at radius 1 is 0.737 bits per heavy atom. The first-order chi connectivity index (χ1) is 17.7. The summed E-state index contributed by atoms with van der Waals surface area (Å²) in [6.45, 7) is 5.57. The van der Waals surface area contributed by atoms with Crippen molar-refractivity contribution in [2.24, 2.45) is 17.4 Å². The molecule has 0 aliphatic heterocycles. The average molecular weight is 549 g/mol. The molecule has 0 radical (unpaired) electrons. The molecule has 0 bridgehead atoms. The molecule has 0 heterocycles. The lowest BCUT2D eigenvalue weighted by Crippen LogP contribution is -2.61.